The molecule has 0 unspecified atom stereocenters. The molecule has 0 aromatic carbocycles. The van der Waals surface area contributed by atoms with Gasteiger partial charge in [-0.15, -0.1) is 0 Å². The summed E-state index contributed by atoms with van der Waals surface area (Å²) in [6, 6.07) is -2.29. The molecule has 7 nitrogen and oxygen atoms in total. The van der Waals surface area contributed by atoms with E-state index in [1.807, 2.05) is 6.92 Å². The lowest BCUT2D eigenvalue weighted by atomic mass is 9.99. The molecule has 0 saturated carbocycles. The van der Waals surface area contributed by atoms with Crippen molar-refractivity contribution < 1.29 is 24.6 Å². The maximum atomic E-state index is 11.5. The number of hydrogen-bond donors (Lipinski definition) is 4. The first kappa shape index (κ1) is 15.4. The third-order valence-corrected chi connectivity index (χ3v) is 2.55. The van der Waals surface area contributed by atoms with E-state index in [1.165, 1.54) is 0 Å². The van der Waals surface area contributed by atoms with Gasteiger partial charge in [0.1, 0.15) is 6.04 Å². The van der Waals surface area contributed by atoms with Gasteiger partial charge in [-0.3, -0.25) is 9.59 Å². The minimum Gasteiger partial charge on any atom is -0.481 e. The van der Waals surface area contributed by atoms with E-state index in [2.05, 4.69) is 5.32 Å². The van der Waals surface area contributed by atoms with Gasteiger partial charge < -0.3 is 21.3 Å². The van der Waals surface area contributed by atoms with Gasteiger partial charge in [0, 0.05) is 0 Å². The monoisotopic (exact) mass is 246 g/mol. The lowest BCUT2D eigenvalue weighted by molar-refractivity contribution is -0.147. The Morgan fingerprint density at radius 3 is 2.18 bits per heavy atom. The second-order valence-corrected chi connectivity index (χ2v) is 3.91. The summed E-state index contributed by atoms with van der Waals surface area (Å²) < 4.78 is 0. The van der Waals surface area contributed by atoms with Crippen LogP contribution in [0.2, 0.25) is 0 Å². The molecular weight excluding hydrogens is 228 g/mol. The highest BCUT2D eigenvalue weighted by Crippen LogP contribution is 2.06. The number of carboxylic acid groups (broad SMARTS) is 2. The molecule has 3 atom stereocenters. The Balaban J connectivity index is 4.50. The number of hydrogen-bond acceptors (Lipinski definition) is 4. The standard InChI is InChI=1S/C10H18N2O5/c1-3-5(2)8(11)9(15)12-6(10(16)17)4-7(13)14/h5-6,8H,3-4,11H2,1-2H3,(H,12,15)(H,13,14)(H,16,17)/t5-,6-,8-/m0/s1. The quantitative estimate of drug-likeness (QED) is 0.474. The van der Waals surface area contributed by atoms with Gasteiger partial charge in [0.05, 0.1) is 12.5 Å². The van der Waals surface area contributed by atoms with Crippen LogP contribution in [0.3, 0.4) is 0 Å². The second kappa shape index (κ2) is 6.85. The molecule has 7 heteroatoms. The fraction of sp³-hybridized carbons (Fsp3) is 0.700. The van der Waals surface area contributed by atoms with Crippen LogP contribution in [0, 0.1) is 5.92 Å². The Hall–Kier alpha value is -1.63. The fourth-order valence-electron chi connectivity index (χ4n) is 1.15. The second-order valence-electron chi connectivity index (χ2n) is 3.91. The van der Waals surface area contributed by atoms with Crippen molar-refractivity contribution in [1.82, 2.24) is 5.32 Å². The Kier molecular flexibility index (Phi) is 6.19. The molecule has 0 fully saturated rings. The van der Waals surface area contributed by atoms with E-state index in [1.54, 1.807) is 6.92 Å². The van der Waals surface area contributed by atoms with E-state index in [9.17, 15) is 14.4 Å². The molecule has 0 aromatic rings. The summed E-state index contributed by atoms with van der Waals surface area (Å²) in [5.41, 5.74) is 5.60. The zero-order valence-electron chi connectivity index (χ0n) is 9.84. The van der Waals surface area contributed by atoms with E-state index < -0.39 is 36.4 Å². The van der Waals surface area contributed by atoms with Crippen LogP contribution in [-0.4, -0.2) is 40.1 Å². The summed E-state index contributed by atoms with van der Waals surface area (Å²) in [5.74, 6) is -3.44. The van der Waals surface area contributed by atoms with E-state index in [0.29, 0.717) is 6.42 Å². The number of carbonyl (C=O) groups is 3. The number of carbonyl (C=O) groups excluding carboxylic acids is 1. The van der Waals surface area contributed by atoms with E-state index >= 15 is 0 Å². The average molecular weight is 246 g/mol. The normalized spacial score (nSPS) is 15.7. The summed E-state index contributed by atoms with van der Waals surface area (Å²) in [6.45, 7) is 3.61. The summed E-state index contributed by atoms with van der Waals surface area (Å²) in [4.78, 5) is 32.7. The number of nitrogens with two attached hydrogens (primary N) is 1. The van der Waals surface area contributed by atoms with Gasteiger partial charge in [0.2, 0.25) is 5.91 Å². The van der Waals surface area contributed by atoms with E-state index in [4.69, 9.17) is 15.9 Å². The van der Waals surface area contributed by atoms with Gasteiger partial charge in [-0.05, 0) is 5.92 Å². The van der Waals surface area contributed by atoms with Crippen molar-refractivity contribution in [3.05, 3.63) is 0 Å². The highest BCUT2D eigenvalue weighted by molar-refractivity contribution is 5.89. The molecule has 17 heavy (non-hydrogen) atoms. The molecular formula is C10H18N2O5. The molecule has 0 bridgehead atoms. The van der Waals surface area contributed by atoms with Crippen molar-refractivity contribution in [2.75, 3.05) is 0 Å². The van der Waals surface area contributed by atoms with Crippen molar-refractivity contribution in [2.24, 2.45) is 11.7 Å². The molecule has 0 aliphatic rings. The molecule has 0 saturated heterocycles. The zero-order chi connectivity index (χ0) is 13.6. The fourth-order valence-corrected chi connectivity index (χ4v) is 1.15. The van der Waals surface area contributed by atoms with Crippen LogP contribution >= 0.6 is 0 Å². The van der Waals surface area contributed by atoms with E-state index in [-0.39, 0.29) is 5.92 Å². The highest BCUT2D eigenvalue weighted by Gasteiger charge is 2.27. The topological polar surface area (TPSA) is 130 Å². The van der Waals surface area contributed by atoms with Crippen LogP contribution in [-0.2, 0) is 14.4 Å². The predicted molar refractivity (Wildman–Crippen MR) is 59.2 cm³/mol. The summed E-state index contributed by atoms with van der Waals surface area (Å²) in [5, 5.41) is 19.3. The Morgan fingerprint density at radius 1 is 1.29 bits per heavy atom. The number of rotatable bonds is 7. The Labute approximate surface area is 99.0 Å². The van der Waals surface area contributed by atoms with Crippen molar-refractivity contribution in [1.29, 1.82) is 0 Å². The molecule has 0 heterocycles. The molecule has 5 N–H and O–H groups in total. The molecule has 0 aliphatic heterocycles. The van der Waals surface area contributed by atoms with Crippen LogP contribution < -0.4 is 11.1 Å². The molecule has 1 amide bonds. The number of carboxylic acids is 2. The van der Waals surface area contributed by atoms with Crippen molar-refractivity contribution in [2.45, 2.75) is 38.8 Å². The molecule has 0 radical (unpaired) electrons. The third kappa shape index (κ3) is 5.30. The van der Waals surface area contributed by atoms with Crippen molar-refractivity contribution in [3.63, 3.8) is 0 Å². The first-order valence-corrected chi connectivity index (χ1v) is 5.30. The van der Waals surface area contributed by atoms with Gasteiger partial charge in [0.15, 0.2) is 0 Å². The average Bonchev–Trinajstić information content (AvgIpc) is 2.25. The van der Waals surface area contributed by atoms with Crippen LogP contribution in [0.4, 0.5) is 0 Å². The highest BCUT2D eigenvalue weighted by atomic mass is 16.4. The van der Waals surface area contributed by atoms with Crippen molar-refractivity contribution >= 4 is 17.8 Å². The van der Waals surface area contributed by atoms with Crippen LogP contribution in [0.25, 0.3) is 0 Å². The van der Waals surface area contributed by atoms with Gasteiger partial charge in [-0.25, -0.2) is 4.79 Å². The van der Waals surface area contributed by atoms with Crippen LogP contribution in [0.1, 0.15) is 26.7 Å². The minimum atomic E-state index is -1.45. The van der Waals surface area contributed by atoms with Crippen molar-refractivity contribution in [3.8, 4) is 0 Å². The lowest BCUT2D eigenvalue weighted by Crippen LogP contribution is -2.51. The maximum Gasteiger partial charge on any atom is 0.326 e. The van der Waals surface area contributed by atoms with Crippen LogP contribution in [0.15, 0.2) is 0 Å². The largest absolute Gasteiger partial charge is 0.481 e. The zero-order valence-corrected chi connectivity index (χ0v) is 9.84. The lowest BCUT2D eigenvalue weighted by Gasteiger charge is -2.20. The summed E-state index contributed by atoms with van der Waals surface area (Å²) in [7, 11) is 0. The molecule has 98 valence electrons. The first-order valence-electron chi connectivity index (χ1n) is 5.30. The number of aliphatic carboxylic acids is 2. The molecule has 0 aromatic heterocycles. The molecule has 0 spiro atoms. The summed E-state index contributed by atoms with van der Waals surface area (Å²) >= 11 is 0. The number of nitrogens with one attached hydrogen (secondary N) is 1. The minimum absolute atomic E-state index is 0.103. The predicted octanol–water partition coefficient (Wildman–Crippen LogP) is -0.596. The van der Waals surface area contributed by atoms with E-state index in [0.717, 1.165) is 0 Å². The van der Waals surface area contributed by atoms with Gasteiger partial charge in [0.25, 0.3) is 0 Å². The SMILES string of the molecule is CC[C@H](C)[C@H](N)C(=O)N[C@@H](CC(=O)O)C(=O)O. The molecule has 0 aliphatic carbocycles. The Bertz CT molecular complexity index is 305. The van der Waals surface area contributed by atoms with Gasteiger partial charge in [-0.1, -0.05) is 20.3 Å². The summed E-state index contributed by atoms with van der Waals surface area (Å²) in [6.07, 6.45) is -0.000442. The first-order chi connectivity index (χ1) is 7.79. The van der Waals surface area contributed by atoms with Gasteiger partial charge in [-0.2, -0.15) is 0 Å². The smallest absolute Gasteiger partial charge is 0.326 e. The van der Waals surface area contributed by atoms with Gasteiger partial charge >= 0.3 is 11.9 Å². The van der Waals surface area contributed by atoms with Crippen LogP contribution in [0.5, 0.6) is 0 Å². The molecule has 0 rings (SSSR count). The third-order valence-electron chi connectivity index (χ3n) is 2.55. The maximum absolute atomic E-state index is 11.5. The Morgan fingerprint density at radius 2 is 1.82 bits per heavy atom. The number of amides is 1.